The van der Waals surface area contributed by atoms with Crippen molar-refractivity contribution in [1.29, 1.82) is 0 Å². The van der Waals surface area contributed by atoms with Gasteiger partial charge in [-0.3, -0.25) is 0 Å². The topological polar surface area (TPSA) is 72.2 Å². The summed E-state index contributed by atoms with van der Waals surface area (Å²) in [4.78, 5) is 4.19. The molecule has 0 fully saturated rings. The first-order valence-electron chi connectivity index (χ1n) is 5.51. The lowest BCUT2D eigenvalue weighted by molar-refractivity contribution is 0.555. The highest BCUT2D eigenvalue weighted by molar-refractivity contribution is 7.89. The molecule has 0 aliphatic heterocycles. The quantitative estimate of drug-likeness (QED) is 0.890. The lowest BCUT2D eigenvalue weighted by Crippen LogP contribution is -2.26. The molecular weight excluding hydrogens is 252 g/mol. The molecule has 2 rings (SSSR count). The molecule has 5 nitrogen and oxygen atoms in total. The summed E-state index contributed by atoms with van der Waals surface area (Å²) < 4.78 is 31.2. The van der Waals surface area contributed by atoms with E-state index in [1.165, 1.54) is 12.7 Å². The van der Waals surface area contributed by atoms with E-state index < -0.39 is 10.0 Å². The number of hydrogen-bond acceptors (Lipinski definition) is 4. The average Bonchev–Trinajstić information content (AvgIpc) is 2.82. The number of nitrogens with zero attached hydrogens (tertiary/aromatic N) is 1. The summed E-state index contributed by atoms with van der Waals surface area (Å²) in [5.74, 6) is 0. The van der Waals surface area contributed by atoms with Crippen molar-refractivity contribution in [1.82, 2.24) is 9.71 Å². The van der Waals surface area contributed by atoms with Crippen LogP contribution in [0.4, 0.5) is 0 Å². The molecule has 0 aliphatic rings. The summed E-state index contributed by atoms with van der Waals surface area (Å²) >= 11 is 0. The Morgan fingerprint density at radius 2 is 2.00 bits per heavy atom. The van der Waals surface area contributed by atoms with Gasteiger partial charge < -0.3 is 4.42 Å². The number of sulfonamides is 1. The Bertz CT molecular complexity index is 589. The highest BCUT2D eigenvalue weighted by Crippen LogP contribution is 2.09. The molecule has 1 aromatic carbocycles. The maximum absolute atomic E-state index is 11.9. The molecule has 96 valence electrons. The molecule has 0 amide bonds. The van der Waals surface area contributed by atoms with Crippen LogP contribution in [0.5, 0.6) is 0 Å². The van der Waals surface area contributed by atoms with E-state index in [2.05, 4.69) is 9.71 Å². The van der Waals surface area contributed by atoms with Crippen molar-refractivity contribution in [2.75, 3.05) is 6.54 Å². The second kappa shape index (κ2) is 5.32. The number of oxazole rings is 1. The normalized spacial score (nSPS) is 11.6. The summed E-state index contributed by atoms with van der Waals surface area (Å²) in [6, 6.07) is 6.72. The molecule has 1 heterocycles. The molecule has 1 N–H and O–H groups in total. The molecule has 0 atom stereocenters. The van der Waals surface area contributed by atoms with Gasteiger partial charge in [0.05, 0.1) is 10.6 Å². The van der Waals surface area contributed by atoms with Crippen molar-refractivity contribution in [3.63, 3.8) is 0 Å². The van der Waals surface area contributed by atoms with Gasteiger partial charge in [0.1, 0.15) is 6.26 Å². The Balaban J connectivity index is 1.97. The third-order valence-corrected chi connectivity index (χ3v) is 3.96. The molecule has 18 heavy (non-hydrogen) atoms. The molecule has 0 aliphatic carbocycles. The highest BCUT2D eigenvalue weighted by Gasteiger charge is 2.12. The Hall–Kier alpha value is -1.66. The fraction of sp³-hybridized carbons (Fsp3) is 0.250. The van der Waals surface area contributed by atoms with E-state index in [0.717, 1.165) is 11.3 Å². The summed E-state index contributed by atoms with van der Waals surface area (Å²) in [6.07, 6.45) is 3.32. The number of hydrogen-bond donors (Lipinski definition) is 1. The maximum Gasteiger partial charge on any atom is 0.240 e. The maximum atomic E-state index is 11.9. The molecule has 6 heteroatoms. The highest BCUT2D eigenvalue weighted by atomic mass is 32.2. The molecule has 0 bridgehead atoms. The molecule has 1 aromatic heterocycles. The van der Waals surface area contributed by atoms with Crippen molar-refractivity contribution < 1.29 is 12.8 Å². The van der Waals surface area contributed by atoms with Gasteiger partial charge >= 0.3 is 0 Å². The number of aromatic nitrogens is 1. The third kappa shape index (κ3) is 3.18. The van der Waals surface area contributed by atoms with Gasteiger partial charge in [0, 0.05) is 13.0 Å². The van der Waals surface area contributed by atoms with Gasteiger partial charge in [-0.1, -0.05) is 17.7 Å². The summed E-state index contributed by atoms with van der Waals surface area (Å²) in [5.41, 5.74) is 1.75. The predicted octanol–water partition coefficient (Wildman–Crippen LogP) is 1.50. The van der Waals surface area contributed by atoms with Crippen molar-refractivity contribution >= 4 is 10.0 Å². The molecule has 0 spiro atoms. The molecule has 0 saturated heterocycles. The second-order valence-electron chi connectivity index (χ2n) is 3.94. The van der Waals surface area contributed by atoms with E-state index >= 15 is 0 Å². The standard InChI is InChI=1S/C12H14N2O3S/c1-10-2-4-12(5-3-10)18(15,16)14-7-6-11-8-17-9-13-11/h2-5,8-9,14H,6-7H2,1H3. The smallest absolute Gasteiger partial charge is 0.240 e. The lowest BCUT2D eigenvalue weighted by atomic mass is 10.2. The van der Waals surface area contributed by atoms with Crippen LogP contribution in [0.2, 0.25) is 0 Å². The Kier molecular flexibility index (Phi) is 3.78. The number of nitrogens with one attached hydrogen (secondary N) is 1. The zero-order chi connectivity index (χ0) is 13.0. The molecular formula is C12H14N2O3S. The van der Waals surface area contributed by atoms with E-state index in [9.17, 15) is 8.42 Å². The van der Waals surface area contributed by atoms with Gasteiger partial charge in [0.2, 0.25) is 10.0 Å². The summed E-state index contributed by atoms with van der Waals surface area (Å²) in [7, 11) is -3.44. The monoisotopic (exact) mass is 266 g/mol. The van der Waals surface area contributed by atoms with Gasteiger partial charge in [-0.25, -0.2) is 18.1 Å². The number of aryl methyl sites for hydroxylation is 1. The van der Waals surface area contributed by atoms with E-state index in [1.54, 1.807) is 24.3 Å². The Morgan fingerprint density at radius 3 is 2.61 bits per heavy atom. The van der Waals surface area contributed by atoms with Crippen LogP contribution in [-0.4, -0.2) is 19.9 Å². The predicted molar refractivity (Wildman–Crippen MR) is 66.6 cm³/mol. The van der Waals surface area contributed by atoms with E-state index in [0.29, 0.717) is 13.0 Å². The third-order valence-electron chi connectivity index (χ3n) is 2.49. The SMILES string of the molecule is Cc1ccc(S(=O)(=O)NCCc2cocn2)cc1. The Labute approximate surface area is 106 Å². The first-order chi connectivity index (χ1) is 8.58. The molecule has 2 aromatic rings. The van der Waals surface area contributed by atoms with Crippen LogP contribution < -0.4 is 4.72 Å². The zero-order valence-electron chi connectivity index (χ0n) is 9.96. The molecule has 0 unspecified atom stereocenters. The number of benzene rings is 1. The second-order valence-corrected chi connectivity index (χ2v) is 5.71. The van der Waals surface area contributed by atoms with E-state index in [1.807, 2.05) is 6.92 Å². The van der Waals surface area contributed by atoms with Crippen LogP contribution in [-0.2, 0) is 16.4 Å². The van der Waals surface area contributed by atoms with E-state index in [-0.39, 0.29) is 4.90 Å². The molecule has 0 radical (unpaired) electrons. The van der Waals surface area contributed by atoms with Gasteiger partial charge in [0.25, 0.3) is 0 Å². The average molecular weight is 266 g/mol. The van der Waals surface area contributed by atoms with Crippen LogP contribution in [0.1, 0.15) is 11.3 Å². The van der Waals surface area contributed by atoms with Crippen LogP contribution in [0.15, 0.2) is 46.2 Å². The van der Waals surface area contributed by atoms with Crippen LogP contribution in [0.3, 0.4) is 0 Å². The van der Waals surface area contributed by atoms with Gasteiger partial charge in [0.15, 0.2) is 6.39 Å². The first kappa shape index (κ1) is 12.8. The zero-order valence-corrected chi connectivity index (χ0v) is 10.8. The van der Waals surface area contributed by atoms with Crippen LogP contribution in [0, 0.1) is 6.92 Å². The summed E-state index contributed by atoms with van der Waals surface area (Å²) in [5, 5.41) is 0. The fourth-order valence-electron chi connectivity index (χ4n) is 1.48. The molecule has 0 saturated carbocycles. The Morgan fingerprint density at radius 1 is 1.28 bits per heavy atom. The van der Waals surface area contributed by atoms with Crippen molar-refractivity contribution in [3.05, 3.63) is 48.2 Å². The van der Waals surface area contributed by atoms with Gasteiger partial charge in [-0.2, -0.15) is 0 Å². The van der Waals surface area contributed by atoms with Gasteiger partial charge in [-0.05, 0) is 19.1 Å². The largest absolute Gasteiger partial charge is 0.451 e. The lowest BCUT2D eigenvalue weighted by Gasteiger charge is -2.05. The summed E-state index contributed by atoms with van der Waals surface area (Å²) in [6.45, 7) is 2.21. The fourth-order valence-corrected chi connectivity index (χ4v) is 2.51. The van der Waals surface area contributed by atoms with Crippen molar-refractivity contribution in [3.8, 4) is 0 Å². The van der Waals surface area contributed by atoms with Crippen molar-refractivity contribution in [2.45, 2.75) is 18.2 Å². The van der Waals surface area contributed by atoms with Crippen LogP contribution in [0.25, 0.3) is 0 Å². The number of rotatable bonds is 5. The van der Waals surface area contributed by atoms with Gasteiger partial charge in [-0.15, -0.1) is 0 Å². The minimum atomic E-state index is -3.44. The van der Waals surface area contributed by atoms with Crippen molar-refractivity contribution in [2.24, 2.45) is 0 Å². The first-order valence-corrected chi connectivity index (χ1v) is 7.00. The van der Waals surface area contributed by atoms with E-state index in [4.69, 9.17) is 4.42 Å². The minimum Gasteiger partial charge on any atom is -0.451 e. The van der Waals surface area contributed by atoms with Crippen LogP contribution >= 0.6 is 0 Å². The minimum absolute atomic E-state index is 0.272.